The molecule has 104 valence electrons. The van der Waals surface area contributed by atoms with E-state index in [-0.39, 0.29) is 11.2 Å². The van der Waals surface area contributed by atoms with Crippen LogP contribution in [0.1, 0.15) is 12.5 Å². The lowest BCUT2D eigenvalue weighted by atomic mass is 10.2. The van der Waals surface area contributed by atoms with Gasteiger partial charge in [-0.15, -0.1) is 11.8 Å². The molecule has 1 amide bonds. The molecule has 0 radical (unpaired) electrons. The summed E-state index contributed by atoms with van der Waals surface area (Å²) >= 11 is 5.05. The number of rotatable bonds is 5. The number of nitrogens with one attached hydrogen (secondary N) is 1. The number of hydrogen-bond donors (Lipinski definition) is 1. The van der Waals surface area contributed by atoms with Crippen LogP contribution in [0.2, 0.25) is 0 Å². The highest BCUT2D eigenvalue weighted by Gasteiger charge is 2.15. The largest absolute Gasteiger partial charge is 0.351 e. The Morgan fingerprint density at radius 2 is 1.80 bits per heavy atom. The van der Waals surface area contributed by atoms with E-state index in [4.69, 9.17) is 0 Å². The van der Waals surface area contributed by atoms with Gasteiger partial charge in [-0.25, -0.2) is 0 Å². The summed E-state index contributed by atoms with van der Waals surface area (Å²) in [6, 6.07) is 17.9. The van der Waals surface area contributed by atoms with E-state index in [0.717, 1.165) is 14.9 Å². The first-order valence-electron chi connectivity index (χ1n) is 6.39. The van der Waals surface area contributed by atoms with Gasteiger partial charge in [0.1, 0.15) is 0 Å². The molecule has 0 heterocycles. The predicted octanol–water partition coefficient (Wildman–Crippen LogP) is 4.25. The molecule has 4 heteroatoms. The first-order chi connectivity index (χ1) is 9.66. The summed E-state index contributed by atoms with van der Waals surface area (Å²) in [7, 11) is 0. The van der Waals surface area contributed by atoms with E-state index < -0.39 is 0 Å². The summed E-state index contributed by atoms with van der Waals surface area (Å²) in [4.78, 5) is 13.2. The van der Waals surface area contributed by atoms with Crippen molar-refractivity contribution in [1.82, 2.24) is 5.32 Å². The molecule has 0 aromatic heterocycles. The minimum atomic E-state index is -0.127. The lowest BCUT2D eigenvalue weighted by Crippen LogP contribution is -2.30. The lowest BCUT2D eigenvalue weighted by molar-refractivity contribution is -0.120. The van der Waals surface area contributed by atoms with Crippen LogP contribution in [-0.4, -0.2) is 11.2 Å². The third-order valence-electron chi connectivity index (χ3n) is 2.82. The minimum Gasteiger partial charge on any atom is -0.351 e. The maximum Gasteiger partial charge on any atom is 0.233 e. The van der Waals surface area contributed by atoms with Crippen molar-refractivity contribution >= 4 is 33.6 Å². The van der Waals surface area contributed by atoms with Crippen LogP contribution in [0.15, 0.2) is 64.0 Å². The van der Waals surface area contributed by atoms with Gasteiger partial charge in [-0.1, -0.05) is 42.5 Å². The van der Waals surface area contributed by atoms with Crippen molar-refractivity contribution in [2.45, 2.75) is 23.6 Å². The Morgan fingerprint density at radius 1 is 1.15 bits per heavy atom. The fraction of sp³-hybridized carbons (Fsp3) is 0.188. The molecule has 0 aliphatic carbocycles. The molecule has 20 heavy (non-hydrogen) atoms. The number of amides is 1. The Balaban J connectivity index is 1.88. The number of carbonyl (C=O) groups excluding carboxylic acids is 1. The fourth-order valence-corrected chi connectivity index (χ4v) is 3.19. The van der Waals surface area contributed by atoms with Crippen molar-refractivity contribution in [1.29, 1.82) is 0 Å². The standard InChI is InChI=1S/C16H16BrNOS/c1-12(20-15-10-6-5-9-14(15)17)16(19)18-11-13-7-3-2-4-8-13/h2-10,12H,11H2,1H3,(H,18,19). The van der Waals surface area contributed by atoms with Gasteiger partial charge < -0.3 is 5.32 Å². The van der Waals surface area contributed by atoms with Crippen molar-refractivity contribution in [2.75, 3.05) is 0 Å². The highest BCUT2D eigenvalue weighted by molar-refractivity contribution is 9.10. The lowest BCUT2D eigenvalue weighted by Gasteiger charge is -2.13. The highest BCUT2D eigenvalue weighted by atomic mass is 79.9. The van der Waals surface area contributed by atoms with Crippen LogP contribution >= 0.6 is 27.7 Å². The Morgan fingerprint density at radius 3 is 2.50 bits per heavy atom. The molecule has 0 spiro atoms. The van der Waals surface area contributed by atoms with E-state index >= 15 is 0 Å². The van der Waals surface area contributed by atoms with Gasteiger partial charge in [-0.2, -0.15) is 0 Å². The molecule has 0 aliphatic heterocycles. The summed E-state index contributed by atoms with van der Waals surface area (Å²) in [5.41, 5.74) is 1.11. The zero-order chi connectivity index (χ0) is 14.4. The second kappa shape index (κ2) is 7.50. The number of thioether (sulfide) groups is 1. The quantitative estimate of drug-likeness (QED) is 0.817. The zero-order valence-electron chi connectivity index (χ0n) is 11.2. The molecule has 2 aromatic rings. The van der Waals surface area contributed by atoms with E-state index in [9.17, 15) is 4.79 Å². The van der Waals surface area contributed by atoms with Gasteiger partial charge in [0.05, 0.1) is 5.25 Å². The smallest absolute Gasteiger partial charge is 0.233 e. The number of halogens is 1. The Bertz CT molecular complexity index is 574. The molecular weight excluding hydrogens is 334 g/mol. The van der Waals surface area contributed by atoms with Crippen LogP contribution < -0.4 is 5.32 Å². The molecule has 1 unspecified atom stereocenters. The maximum atomic E-state index is 12.1. The molecule has 0 bridgehead atoms. The van der Waals surface area contributed by atoms with E-state index in [2.05, 4.69) is 21.2 Å². The average Bonchev–Trinajstić information content (AvgIpc) is 2.48. The van der Waals surface area contributed by atoms with Gasteiger partial charge in [0.25, 0.3) is 0 Å². The van der Waals surface area contributed by atoms with Gasteiger partial charge in [0, 0.05) is 15.9 Å². The van der Waals surface area contributed by atoms with Crippen molar-refractivity contribution in [3.8, 4) is 0 Å². The SMILES string of the molecule is CC(Sc1ccccc1Br)C(=O)NCc1ccccc1. The summed E-state index contributed by atoms with van der Waals surface area (Å²) in [6.45, 7) is 2.49. The van der Waals surface area contributed by atoms with Crippen LogP contribution in [0.3, 0.4) is 0 Å². The van der Waals surface area contributed by atoms with Gasteiger partial charge >= 0.3 is 0 Å². The molecule has 1 N–H and O–H groups in total. The third kappa shape index (κ3) is 4.39. The Labute approximate surface area is 132 Å². The second-order valence-corrected chi connectivity index (χ2v) is 6.63. The fourth-order valence-electron chi connectivity index (χ4n) is 1.71. The molecular formula is C16H16BrNOS. The van der Waals surface area contributed by atoms with Crippen molar-refractivity contribution < 1.29 is 4.79 Å². The zero-order valence-corrected chi connectivity index (χ0v) is 13.6. The van der Waals surface area contributed by atoms with E-state index in [1.54, 1.807) is 11.8 Å². The van der Waals surface area contributed by atoms with E-state index in [0.29, 0.717) is 6.54 Å². The average molecular weight is 350 g/mol. The monoisotopic (exact) mass is 349 g/mol. The molecule has 0 fully saturated rings. The molecule has 2 aromatic carbocycles. The maximum absolute atomic E-state index is 12.1. The topological polar surface area (TPSA) is 29.1 Å². The first kappa shape index (κ1) is 15.1. The Kier molecular flexibility index (Phi) is 5.68. The molecule has 0 saturated heterocycles. The summed E-state index contributed by atoms with van der Waals surface area (Å²) in [6.07, 6.45) is 0. The minimum absolute atomic E-state index is 0.0506. The third-order valence-corrected chi connectivity index (χ3v) is 4.95. The van der Waals surface area contributed by atoms with Crippen LogP contribution in [0.5, 0.6) is 0 Å². The predicted molar refractivity (Wildman–Crippen MR) is 87.7 cm³/mol. The van der Waals surface area contributed by atoms with Crippen molar-refractivity contribution in [3.05, 3.63) is 64.6 Å². The normalized spacial score (nSPS) is 11.9. The highest BCUT2D eigenvalue weighted by Crippen LogP contribution is 2.30. The molecule has 0 saturated carbocycles. The van der Waals surface area contributed by atoms with Crippen LogP contribution in [0.25, 0.3) is 0 Å². The van der Waals surface area contributed by atoms with E-state index in [1.807, 2.05) is 61.5 Å². The number of carbonyl (C=O) groups is 1. The Hall–Kier alpha value is -1.26. The summed E-state index contributed by atoms with van der Waals surface area (Å²) in [5, 5.41) is 2.84. The van der Waals surface area contributed by atoms with Gasteiger partial charge in [0.15, 0.2) is 0 Å². The number of hydrogen-bond acceptors (Lipinski definition) is 2. The number of benzene rings is 2. The molecule has 0 aliphatic rings. The summed E-state index contributed by atoms with van der Waals surface area (Å²) in [5.74, 6) is 0.0506. The van der Waals surface area contributed by atoms with Crippen LogP contribution in [0.4, 0.5) is 0 Å². The van der Waals surface area contributed by atoms with Crippen LogP contribution in [0, 0.1) is 0 Å². The summed E-state index contributed by atoms with van der Waals surface area (Å²) < 4.78 is 1.02. The van der Waals surface area contributed by atoms with Gasteiger partial charge in [-0.05, 0) is 40.5 Å². The molecule has 2 rings (SSSR count). The van der Waals surface area contributed by atoms with Gasteiger partial charge in [0.2, 0.25) is 5.91 Å². The van der Waals surface area contributed by atoms with Crippen molar-refractivity contribution in [3.63, 3.8) is 0 Å². The first-order valence-corrected chi connectivity index (χ1v) is 8.07. The second-order valence-electron chi connectivity index (χ2n) is 4.39. The van der Waals surface area contributed by atoms with Gasteiger partial charge in [-0.3, -0.25) is 4.79 Å². The molecule has 1 atom stereocenters. The van der Waals surface area contributed by atoms with Crippen LogP contribution in [-0.2, 0) is 11.3 Å². The van der Waals surface area contributed by atoms with E-state index in [1.165, 1.54) is 0 Å². The van der Waals surface area contributed by atoms with Crippen molar-refractivity contribution in [2.24, 2.45) is 0 Å². The molecule has 2 nitrogen and oxygen atoms in total.